The van der Waals surface area contributed by atoms with Crippen LogP contribution in [0.1, 0.15) is 12.8 Å². The molecule has 11 heavy (non-hydrogen) atoms. The minimum atomic E-state index is 0.366. The predicted molar refractivity (Wildman–Crippen MR) is 49.9 cm³/mol. The van der Waals surface area contributed by atoms with Crippen molar-refractivity contribution in [3.8, 4) is 0 Å². The van der Waals surface area contributed by atoms with Crippen LogP contribution in [0.15, 0.2) is 0 Å². The van der Waals surface area contributed by atoms with E-state index >= 15 is 0 Å². The lowest BCUT2D eigenvalue weighted by atomic mass is 9.98. The molecule has 1 saturated heterocycles. The molecule has 66 valence electrons. The summed E-state index contributed by atoms with van der Waals surface area (Å²) in [5.41, 5.74) is 5.97. The van der Waals surface area contributed by atoms with Gasteiger partial charge in [0.2, 0.25) is 0 Å². The van der Waals surface area contributed by atoms with Gasteiger partial charge in [0.25, 0.3) is 0 Å². The number of nitrogens with two attached hydrogens (primary N) is 1. The highest BCUT2D eigenvalue weighted by molar-refractivity contribution is 7.98. The second kappa shape index (κ2) is 5.01. The molecule has 2 nitrogen and oxygen atoms in total. The molecule has 2 N–H and O–H groups in total. The van der Waals surface area contributed by atoms with Crippen LogP contribution in [0.25, 0.3) is 0 Å². The molecule has 3 heteroatoms. The molecule has 2 unspecified atom stereocenters. The number of thioether (sulfide) groups is 1. The Morgan fingerprint density at radius 1 is 1.73 bits per heavy atom. The molecule has 0 aliphatic carbocycles. The highest BCUT2D eigenvalue weighted by atomic mass is 32.2. The smallest absolute Gasteiger partial charge is 0.0509 e. The van der Waals surface area contributed by atoms with Crippen molar-refractivity contribution in [2.45, 2.75) is 18.9 Å². The summed E-state index contributed by atoms with van der Waals surface area (Å²) in [6.45, 7) is 1.80. The Morgan fingerprint density at radius 2 is 2.55 bits per heavy atom. The van der Waals surface area contributed by atoms with E-state index < -0.39 is 0 Å². The zero-order valence-corrected chi connectivity index (χ0v) is 7.90. The Balaban J connectivity index is 2.12. The van der Waals surface area contributed by atoms with Crippen LogP contribution in [0.3, 0.4) is 0 Å². The number of ether oxygens (including phenoxy) is 1. The van der Waals surface area contributed by atoms with E-state index in [4.69, 9.17) is 10.5 Å². The van der Waals surface area contributed by atoms with Crippen molar-refractivity contribution in [2.24, 2.45) is 11.7 Å². The summed E-state index contributed by atoms with van der Waals surface area (Å²) in [4.78, 5) is 0. The van der Waals surface area contributed by atoms with Gasteiger partial charge in [-0.25, -0.2) is 0 Å². The van der Waals surface area contributed by atoms with Crippen molar-refractivity contribution in [3.05, 3.63) is 0 Å². The average Bonchev–Trinajstić information content (AvgIpc) is 2.52. The quantitative estimate of drug-likeness (QED) is 0.695. The van der Waals surface area contributed by atoms with Crippen LogP contribution in [-0.4, -0.2) is 31.3 Å². The van der Waals surface area contributed by atoms with Crippen molar-refractivity contribution in [3.63, 3.8) is 0 Å². The maximum absolute atomic E-state index is 5.97. The van der Waals surface area contributed by atoms with Gasteiger partial charge in [0.15, 0.2) is 0 Å². The summed E-state index contributed by atoms with van der Waals surface area (Å²) in [5.74, 6) is 1.81. The Morgan fingerprint density at radius 3 is 3.09 bits per heavy atom. The molecule has 0 radical (unpaired) electrons. The summed E-state index contributed by atoms with van der Waals surface area (Å²) in [5, 5.41) is 0. The van der Waals surface area contributed by atoms with Gasteiger partial charge in [-0.3, -0.25) is 0 Å². The third kappa shape index (κ3) is 3.01. The fourth-order valence-electron chi connectivity index (χ4n) is 1.38. The van der Waals surface area contributed by atoms with Crippen LogP contribution in [-0.2, 0) is 4.74 Å². The molecule has 1 aliphatic heterocycles. The molecule has 1 aliphatic rings. The van der Waals surface area contributed by atoms with Gasteiger partial charge in [0.05, 0.1) is 6.61 Å². The van der Waals surface area contributed by atoms with Crippen LogP contribution in [0, 0.1) is 5.92 Å². The van der Waals surface area contributed by atoms with Gasteiger partial charge in [-0.05, 0) is 30.8 Å². The van der Waals surface area contributed by atoms with Crippen LogP contribution in [0.2, 0.25) is 0 Å². The summed E-state index contributed by atoms with van der Waals surface area (Å²) in [6, 6.07) is 0.366. The first-order chi connectivity index (χ1) is 5.34. The maximum Gasteiger partial charge on any atom is 0.0509 e. The van der Waals surface area contributed by atoms with Gasteiger partial charge in [-0.2, -0.15) is 11.8 Å². The molecule has 2 atom stereocenters. The Kier molecular flexibility index (Phi) is 4.26. The lowest BCUT2D eigenvalue weighted by Gasteiger charge is -2.16. The topological polar surface area (TPSA) is 35.2 Å². The van der Waals surface area contributed by atoms with Crippen LogP contribution in [0.5, 0.6) is 0 Å². The van der Waals surface area contributed by atoms with Gasteiger partial charge in [0.1, 0.15) is 0 Å². The fourth-order valence-corrected chi connectivity index (χ4v) is 1.89. The van der Waals surface area contributed by atoms with Crippen LogP contribution in [0.4, 0.5) is 0 Å². The molecule has 1 heterocycles. The SMILES string of the molecule is CSCCC(N)C1CCOC1. The molecule has 0 spiro atoms. The molecule has 0 aromatic carbocycles. The molecule has 0 saturated carbocycles. The minimum Gasteiger partial charge on any atom is -0.381 e. The maximum atomic E-state index is 5.97. The highest BCUT2D eigenvalue weighted by Gasteiger charge is 2.21. The molecule has 0 aromatic heterocycles. The lowest BCUT2D eigenvalue weighted by molar-refractivity contribution is 0.180. The zero-order valence-electron chi connectivity index (χ0n) is 7.08. The summed E-state index contributed by atoms with van der Waals surface area (Å²) in [6.07, 6.45) is 4.42. The predicted octanol–water partition coefficient (Wildman–Crippen LogP) is 1.10. The Bertz CT molecular complexity index is 104. The van der Waals surface area contributed by atoms with Crippen LogP contribution < -0.4 is 5.73 Å². The third-order valence-corrected chi connectivity index (χ3v) is 2.87. The first-order valence-electron chi connectivity index (χ1n) is 4.17. The fraction of sp³-hybridized carbons (Fsp3) is 1.00. The Labute approximate surface area is 72.9 Å². The molecule has 0 aromatic rings. The van der Waals surface area contributed by atoms with E-state index in [-0.39, 0.29) is 0 Å². The number of rotatable bonds is 4. The van der Waals surface area contributed by atoms with E-state index in [9.17, 15) is 0 Å². The largest absolute Gasteiger partial charge is 0.381 e. The van der Waals surface area contributed by atoms with E-state index in [0.29, 0.717) is 12.0 Å². The van der Waals surface area contributed by atoms with Gasteiger partial charge < -0.3 is 10.5 Å². The minimum absolute atomic E-state index is 0.366. The van der Waals surface area contributed by atoms with Crippen molar-refractivity contribution in [1.82, 2.24) is 0 Å². The molecular formula is C8H17NOS. The summed E-state index contributed by atoms with van der Waals surface area (Å²) < 4.78 is 5.27. The number of hydrogen-bond acceptors (Lipinski definition) is 3. The van der Waals surface area contributed by atoms with Crippen molar-refractivity contribution < 1.29 is 4.74 Å². The molecule has 1 rings (SSSR count). The van der Waals surface area contributed by atoms with Gasteiger partial charge in [0, 0.05) is 12.6 Å². The van der Waals surface area contributed by atoms with Crippen LogP contribution >= 0.6 is 11.8 Å². The normalized spacial score (nSPS) is 27.3. The number of hydrogen-bond donors (Lipinski definition) is 1. The second-order valence-electron chi connectivity index (χ2n) is 3.07. The molecule has 0 amide bonds. The molecule has 1 fully saturated rings. The molecular weight excluding hydrogens is 158 g/mol. The highest BCUT2D eigenvalue weighted by Crippen LogP contribution is 2.18. The monoisotopic (exact) mass is 175 g/mol. The summed E-state index contributed by atoms with van der Waals surface area (Å²) >= 11 is 1.87. The van der Waals surface area contributed by atoms with Crippen molar-refractivity contribution in [1.29, 1.82) is 0 Å². The lowest BCUT2D eigenvalue weighted by Crippen LogP contribution is -2.30. The first-order valence-corrected chi connectivity index (χ1v) is 5.56. The van der Waals surface area contributed by atoms with E-state index in [1.54, 1.807) is 0 Å². The molecule has 0 bridgehead atoms. The van der Waals surface area contributed by atoms with E-state index in [1.807, 2.05) is 11.8 Å². The van der Waals surface area contributed by atoms with E-state index in [1.165, 1.54) is 5.75 Å². The van der Waals surface area contributed by atoms with E-state index in [2.05, 4.69) is 6.26 Å². The first kappa shape index (κ1) is 9.36. The van der Waals surface area contributed by atoms with Crippen molar-refractivity contribution in [2.75, 3.05) is 25.2 Å². The summed E-state index contributed by atoms with van der Waals surface area (Å²) in [7, 11) is 0. The van der Waals surface area contributed by atoms with Gasteiger partial charge in [-0.15, -0.1) is 0 Å². The standard InChI is InChI=1S/C8H17NOS/c1-11-5-3-8(9)7-2-4-10-6-7/h7-8H,2-6,9H2,1H3. The third-order valence-electron chi connectivity index (χ3n) is 2.23. The second-order valence-corrected chi connectivity index (χ2v) is 4.05. The van der Waals surface area contributed by atoms with Gasteiger partial charge >= 0.3 is 0 Å². The average molecular weight is 175 g/mol. The van der Waals surface area contributed by atoms with Gasteiger partial charge in [-0.1, -0.05) is 0 Å². The van der Waals surface area contributed by atoms with E-state index in [0.717, 1.165) is 26.1 Å². The van der Waals surface area contributed by atoms with Crippen molar-refractivity contribution >= 4 is 11.8 Å². The Hall–Kier alpha value is 0.270. The zero-order chi connectivity index (χ0) is 8.10.